The number of hydrogen-bond donors (Lipinski definition) is 1. The highest BCUT2D eigenvalue weighted by atomic mass is 35.5. The number of carbonyl (C=O) groups is 1. The number of nitrogens with zero attached hydrogens (tertiary/aromatic N) is 4. The zero-order chi connectivity index (χ0) is 17.2. The van der Waals surface area contributed by atoms with E-state index in [0.717, 1.165) is 42.0 Å². The summed E-state index contributed by atoms with van der Waals surface area (Å²) in [5, 5.41) is 12.0. The summed E-state index contributed by atoms with van der Waals surface area (Å²) in [4.78, 5) is 19.1. The first-order valence-corrected chi connectivity index (χ1v) is 9.29. The highest BCUT2D eigenvalue weighted by Gasteiger charge is 2.26. The number of hydrogen-bond acceptors (Lipinski definition) is 6. The third-order valence-corrected chi connectivity index (χ3v) is 5.49. The standard InChI is InChI=1S/C17H16ClN5OS/c18-14-5-6-15(22-21-14)23-9-7-11(8-10-23)16(24)20-17-19-12-3-1-2-4-13(12)25-17/h1-6,11H,7-10H2,(H,19,20,24). The number of nitrogens with one attached hydrogen (secondary N) is 1. The lowest BCUT2D eigenvalue weighted by Gasteiger charge is -2.31. The summed E-state index contributed by atoms with van der Waals surface area (Å²) in [6.07, 6.45) is 1.56. The summed E-state index contributed by atoms with van der Waals surface area (Å²) in [6, 6.07) is 11.5. The number of rotatable bonds is 3. The molecule has 8 heteroatoms. The minimum Gasteiger partial charge on any atom is -0.355 e. The molecule has 1 aliphatic rings. The Morgan fingerprint density at radius 3 is 2.68 bits per heavy atom. The molecule has 3 aromatic rings. The summed E-state index contributed by atoms with van der Waals surface area (Å²) < 4.78 is 1.08. The maximum Gasteiger partial charge on any atom is 0.229 e. The van der Waals surface area contributed by atoms with Gasteiger partial charge >= 0.3 is 0 Å². The molecule has 1 amide bonds. The van der Waals surface area contributed by atoms with Gasteiger partial charge in [0.2, 0.25) is 5.91 Å². The molecule has 1 fully saturated rings. The number of para-hydroxylation sites is 1. The van der Waals surface area contributed by atoms with Crippen LogP contribution in [0.4, 0.5) is 10.9 Å². The van der Waals surface area contributed by atoms with E-state index in [2.05, 4.69) is 25.4 Å². The van der Waals surface area contributed by atoms with Crippen LogP contribution in [0.25, 0.3) is 10.2 Å². The summed E-state index contributed by atoms with van der Waals surface area (Å²) in [5.74, 6) is 0.832. The maximum atomic E-state index is 12.5. The lowest BCUT2D eigenvalue weighted by atomic mass is 9.96. The van der Waals surface area contributed by atoms with Crippen molar-refractivity contribution in [1.29, 1.82) is 0 Å². The molecule has 0 bridgehead atoms. The minimum atomic E-state index is -0.0106. The fraction of sp³-hybridized carbons (Fsp3) is 0.294. The molecule has 4 rings (SSSR count). The predicted molar refractivity (Wildman–Crippen MR) is 100 cm³/mol. The molecule has 25 heavy (non-hydrogen) atoms. The Morgan fingerprint density at radius 2 is 1.96 bits per heavy atom. The van der Waals surface area contributed by atoms with Crippen LogP contribution in [0.15, 0.2) is 36.4 Å². The number of aromatic nitrogens is 3. The molecule has 0 unspecified atom stereocenters. The van der Waals surface area contributed by atoms with Crippen molar-refractivity contribution in [2.75, 3.05) is 23.3 Å². The minimum absolute atomic E-state index is 0.0106. The average Bonchev–Trinajstić information content (AvgIpc) is 3.05. The molecule has 0 saturated carbocycles. The quantitative estimate of drug-likeness (QED) is 0.759. The fourth-order valence-electron chi connectivity index (χ4n) is 2.98. The topological polar surface area (TPSA) is 71.0 Å². The second-order valence-corrected chi connectivity index (χ2v) is 7.37. The zero-order valence-corrected chi connectivity index (χ0v) is 14.9. The molecule has 0 radical (unpaired) electrons. The molecule has 0 spiro atoms. The smallest absolute Gasteiger partial charge is 0.229 e. The molecule has 0 atom stereocenters. The zero-order valence-electron chi connectivity index (χ0n) is 13.4. The molecule has 0 aliphatic carbocycles. The molecule has 2 aromatic heterocycles. The van der Waals surface area contributed by atoms with Crippen LogP contribution in [0.2, 0.25) is 5.15 Å². The van der Waals surface area contributed by atoms with Gasteiger partial charge in [0, 0.05) is 19.0 Å². The van der Waals surface area contributed by atoms with Gasteiger partial charge in [-0.1, -0.05) is 35.1 Å². The van der Waals surface area contributed by atoms with E-state index in [-0.39, 0.29) is 11.8 Å². The Morgan fingerprint density at radius 1 is 1.16 bits per heavy atom. The maximum absolute atomic E-state index is 12.5. The Balaban J connectivity index is 1.37. The summed E-state index contributed by atoms with van der Waals surface area (Å²) in [7, 11) is 0. The first kappa shape index (κ1) is 16.2. The lowest BCUT2D eigenvalue weighted by Crippen LogP contribution is -2.38. The lowest BCUT2D eigenvalue weighted by molar-refractivity contribution is -0.120. The van der Waals surface area contributed by atoms with E-state index in [1.165, 1.54) is 11.3 Å². The normalized spacial score (nSPS) is 15.5. The fourth-order valence-corrected chi connectivity index (χ4v) is 3.95. The number of piperidine rings is 1. The van der Waals surface area contributed by atoms with Crippen molar-refractivity contribution < 1.29 is 4.79 Å². The van der Waals surface area contributed by atoms with Crippen LogP contribution in [0.1, 0.15) is 12.8 Å². The highest BCUT2D eigenvalue weighted by Crippen LogP contribution is 2.27. The van der Waals surface area contributed by atoms with E-state index >= 15 is 0 Å². The van der Waals surface area contributed by atoms with Gasteiger partial charge in [0.1, 0.15) is 0 Å². The Bertz CT molecular complexity index is 856. The largest absolute Gasteiger partial charge is 0.355 e. The Hall–Kier alpha value is -2.25. The van der Waals surface area contributed by atoms with E-state index in [1.807, 2.05) is 30.3 Å². The molecule has 6 nitrogen and oxygen atoms in total. The summed E-state index contributed by atoms with van der Waals surface area (Å²) in [6.45, 7) is 1.54. The number of thiazole rings is 1. The van der Waals surface area contributed by atoms with E-state index in [4.69, 9.17) is 11.6 Å². The molecular formula is C17H16ClN5OS. The van der Waals surface area contributed by atoms with Crippen molar-refractivity contribution in [3.05, 3.63) is 41.6 Å². The van der Waals surface area contributed by atoms with Gasteiger partial charge in [-0.05, 0) is 37.1 Å². The predicted octanol–water partition coefficient (Wildman–Crippen LogP) is 3.59. The number of halogens is 1. The van der Waals surface area contributed by atoms with Gasteiger partial charge in [-0.25, -0.2) is 4.98 Å². The van der Waals surface area contributed by atoms with Crippen molar-refractivity contribution in [3.63, 3.8) is 0 Å². The van der Waals surface area contributed by atoms with Gasteiger partial charge in [0.05, 0.1) is 10.2 Å². The second kappa shape index (κ2) is 6.93. The van der Waals surface area contributed by atoms with Crippen LogP contribution in [0.3, 0.4) is 0 Å². The third-order valence-electron chi connectivity index (χ3n) is 4.33. The van der Waals surface area contributed by atoms with Crippen molar-refractivity contribution >= 4 is 50.0 Å². The first-order valence-electron chi connectivity index (χ1n) is 8.10. The van der Waals surface area contributed by atoms with Gasteiger partial charge in [-0.15, -0.1) is 10.2 Å². The van der Waals surface area contributed by atoms with E-state index in [1.54, 1.807) is 6.07 Å². The van der Waals surface area contributed by atoms with Crippen LogP contribution in [0, 0.1) is 5.92 Å². The van der Waals surface area contributed by atoms with Gasteiger partial charge in [0.25, 0.3) is 0 Å². The van der Waals surface area contributed by atoms with Gasteiger partial charge in [-0.2, -0.15) is 0 Å². The number of anilines is 2. The SMILES string of the molecule is O=C(Nc1nc2ccccc2s1)C1CCN(c2ccc(Cl)nn2)CC1. The Kier molecular flexibility index (Phi) is 4.50. The van der Waals surface area contributed by atoms with Gasteiger partial charge in [-0.3, -0.25) is 4.79 Å². The van der Waals surface area contributed by atoms with E-state index < -0.39 is 0 Å². The van der Waals surface area contributed by atoms with Crippen molar-refractivity contribution in [3.8, 4) is 0 Å². The molecule has 3 heterocycles. The summed E-state index contributed by atoms with van der Waals surface area (Å²) in [5.41, 5.74) is 0.916. The van der Waals surface area contributed by atoms with E-state index in [0.29, 0.717) is 10.3 Å². The molecule has 1 saturated heterocycles. The molecular weight excluding hydrogens is 358 g/mol. The number of carbonyl (C=O) groups excluding carboxylic acids is 1. The van der Waals surface area contributed by atoms with Crippen LogP contribution < -0.4 is 10.2 Å². The van der Waals surface area contributed by atoms with Crippen LogP contribution >= 0.6 is 22.9 Å². The van der Waals surface area contributed by atoms with Crippen molar-refractivity contribution in [2.24, 2.45) is 5.92 Å². The second-order valence-electron chi connectivity index (χ2n) is 5.95. The van der Waals surface area contributed by atoms with Crippen LogP contribution in [0.5, 0.6) is 0 Å². The molecule has 1 aliphatic heterocycles. The van der Waals surface area contributed by atoms with Gasteiger partial charge in [0.15, 0.2) is 16.1 Å². The molecule has 1 N–H and O–H groups in total. The average molecular weight is 374 g/mol. The number of benzene rings is 1. The molecule has 128 valence electrons. The Labute approximate surface area is 153 Å². The van der Waals surface area contributed by atoms with Gasteiger partial charge < -0.3 is 10.2 Å². The number of fused-ring (bicyclic) bond motifs is 1. The van der Waals surface area contributed by atoms with E-state index in [9.17, 15) is 4.79 Å². The van der Waals surface area contributed by atoms with Crippen molar-refractivity contribution in [2.45, 2.75) is 12.8 Å². The first-order chi connectivity index (χ1) is 12.2. The van der Waals surface area contributed by atoms with Crippen molar-refractivity contribution in [1.82, 2.24) is 15.2 Å². The summed E-state index contributed by atoms with van der Waals surface area (Å²) >= 11 is 7.28. The highest BCUT2D eigenvalue weighted by molar-refractivity contribution is 7.22. The third kappa shape index (κ3) is 3.57. The van der Waals surface area contributed by atoms with Crippen LogP contribution in [-0.4, -0.2) is 34.2 Å². The van der Waals surface area contributed by atoms with Crippen LogP contribution in [-0.2, 0) is 4.79 Å². The number of amides is 1. The monoisotopic (exact) mass is 373 g/mol. The molecule has 1 aromatic carbocycles.